The summed E-state index contributed by atoms with van der Waals surface area (Å²) >= 11 is 0. The number of anilines is 1. The van der Waals surface area contributed by atoms with Gasteiger partial charge in [0, 0.05) is 25.3 Å². The molecule has 0 radical (unpaired) electrons. The molecule has 0 aliphatic rings. The van der Waals surface area contributed by atoms with Gasteiger partial charge in [-0.2, -0.15) is 0 Å². The lowest BCUT2D eigenvalue weighted by atomic mass is 10.0. The Kier molecular flexibility index (Phi) is 5.01. The zero-order valence-corrected chi connectivity index (χ0v) is 11.8. The number of hydrogen-bond donors (Lipinski definition) is 1. The Bertz CT molecular complexity index is 358. The lowest BCUT2D eigenvalue weighted by Crippen LogP contribution is -2.30. The van der Waals surface area contributed by atoms with E-state index in [-0.39, 0.29) is 0 Å². The predicted molar refractivity (Wildman–Crippen MR) is 76.4 cm³/mol. The summed E-state index contributed by atoms with van der Waals surface area (Å²) in [5.41, 5.74) is 9.49. The highest BCUT2D eigenvalue weighted by atomic mass is 15.1. The van der Waals surface area contributed by atoms with Crippen LogP contribution in [0.3, 0.4) is 0 Å². The summed E-state index contributed by atoms with van der Waals surface area (Å²) in [6.07, 6.45) is 1.22. The van der Waals surface area contributed by atoms with E-state index in [4.69, 9.17) is 5.73 Å². The number of aryl methyl sites for hydroxylation is 1. The minimum atomic E-state index is 0.567. The van der Waals surface area contributed by atoms with Crippen molar-refractivity contribution in [3.05, 3.63) is 29.3 Å². The molecule has 1 aromatic carbocycles. The Morgan fingerprint density at radius 1 is 1.24 bits per heavy atom. The maximum Gasteiger partial charge on any atom is 0.0395 e. The summed E-state index contributed by atoms with van der Waals surface area (Å²) in [5, 5.41) is 0. The van der Waals surface area contributed by atoms with Crippen LogP contribution in [0.4, 0.5) is 5.69 Å². The molecule has 96 valence electrons. The summed E-state index contributed by atoms with van der Waals surface area (Å²) in [4.78, 5) is 2.37. The molecule has 1 atom stereocenters. The molecule has 0 bridgehead atoms. The maximum absolute atomic E-state index is 5.66. The summed E-state index contributed by atoms with van der Waals surface area (Å²) in [5.74, 6) is 0.732. The molecule has 0 saturated carbocycles. The van der Waals surface area contributed by atoms with Crippen LogP contribution in [0.1, 0.15) is 38.3 Å². The first-order valence-electron chi connectivity index (χ1n) is 6.48. The van der Waals surface area contributed by atoms with E-state index < -0.39 is 0 Å². The van der Waals surface area contributed by atoms with Gasteiger partial charge in [0.25, 0.3) is 0 Å². The van der Waals surface area contributed by atoms with Crippen LogP contribution in [0.2, 0.25) is 0 Å². The summed E-state index contributed by atoms with van der Waals surface area (Å²) in [6.45, 7) is 9.61. The Morgan fingerprint density at radius 3 is 2.35 bits per heavy atom. The van der Waals surface area contributed by atoms with Gasteiger partial charge in [0.05, 0.1) is 0 Å². The highest BCUT2D eigenvalue weighted by Gasteiger charge is 2.13. The zero-order chi connectivity index (χ0) is 13.0. The van der Waals surface area contributed by atoms with Gasteiger partial charge in [-0.15, -0.1) is 0 Å². The van der Waals surface area contributed by atoms with Crippen molar-refractivity contribution >= 4 is 5.69 Å². The van der Waals surface area contributed by atoms with Gasteiger partial charge in [-0.25, -0.2) is 0 Å². The number of benzene rings is 1. The standard InChI is InChI=1S/C15H26N2/c1-11(2)8-13(4)17(5)15-7-6-14(10-16)9-12(15)3/h6-7,9,11,13H,8,10,16H2,1-5H3. The van der Waals surface area contributed by atoms with Crippen molar-refractivity contribution in [3.63, 3.8) is 0 Å². The molecule has 0 saturated heterocycles. The quantitative estimate of drug-likeness (QED) is 0.846. The van der Waals surface area contributed by atoms with Gasteiger partial charge in [-0.3, -0.25) is 0 Å². The average molecular weight is 234 g/mol. The first kappa shape index (κ1) is 14.0. The van der Waals surface area contributed by atoms with E-state index in [0.29, 0.717) is 12.6 Å². The number of hydrogen-bond acceptors (Lipinski definition) is 2. The Labute approximate surface area is 106 Å². The molecule has 0 aromatic heterocycles. The second-order valence-electron chi connectivity index (χ2n) is 5.41. The second-order valence-corrected chi connectivity index (χ2v) is 5.41. The molecule has 2 N–H and O–H groups in total. The third kappa shape index (κ3) is 3.74. The fourth-order valence-electron chi connectivity index (χ4n) is 2.32. The molecule has 0 aliphatic carbocycles. The minimum absolute atomic E-state index is 0.567. The van der Waals surface area contributed by atoms with Crippen molar-refractivity contribution < 1.29 is 0 Å². The fourth-order valence-corrected chi connectivity index (χ4v) is 2.32. The molecule has 0 spiro atoms. The highest BCUT2D eigenvalue weighted by Crippen LogP contribution is 2.23. The van der Waals surface area contributed by atoms with Crippen molar-refractivity contribution in [2.24, 2.45) is 11.7 Å². The van der Waals surface area contributed by atoms with Gasteiger partial charge in [0.15, 0.2) is 0 Å². The van der Waals surface area contributed by atoms with Crippen LogP contribution in [0.15, 0.2) is 18.2 Å². The molecule has 0 fully saturated rings. The monoisotopic (exact) mass is 234 g/mol. The van der Waals surface area contributed by atoms with Gasteiger partial charge in [-0.1, -0.05) is 26.0 Å². The fraction of sp³-hybridized carbons (Fsp3) is 0.600. The van der Waals surface area contributed by atoms with Gasteiger partial charge in [0.1, 0.15) is 0 Å². The predicted octanol–water partition coefficient (Wildman–Crippen LogP) is 3.32. The summed E-state index contributed by atoms with van der Waals surface area (Å²) < 4.78 is 0. The van der Waals surface area contributed by atoms with Gasteiger partial charge in [-0.05, 0) is 43.4 Å². The van der Waals surface area contributed by atoms with Gasteiger partial charge < -0.3 is 10.6 Å². The Balaban J connectivity index is 2.84. The Hall–Kier alpha value is -1.02. The Morgan fingerprint density at radius 2 is 1.88 bits per heavy atom. The van der Waals surface area contributed by atoms with Crippen LogP contribution in [0.25, 0.3) is 0 Å². The van der Waals surface area contributed by atoms with E-state index in [1.165, 1.54) is 23.2 Å². The molecule has 2 heteroatoms. The molecular formula is C15H26N2. The third-order valence-electron chi connectivity index (χ3n) is 3.35. The van der Waals surface area contributed by atoms with E-state index in [0.717, 1.165) is 5.92 Å². The summed E-state index contributed by atoms with van der Waals surface area (Å²) in [7, 11) is 2.18. The van der Waals surface area contributed by atoms with Crippen LogP contribution in [0.5, 0.6) is 0 Å². The average Bonchev–Trinajstić information content (AvgIpc) is 2.27. The number of rotatable bonds is 5. The lowest BCUT2D eigenvalue weighted by molar-refractivity contribution is 0.504. The highest BCUT2D eigenvalue weighted by molar-refractivity contribution is 5.54. The van der Waals surface area contributed by atoms with Crippen LogP contribution in [0, 0.1) is 12.8 Å². The van der Waals surface area contributed by atoms with Crippen LogP contribution < -0.4 is 10.6 Å². The molecular weight excluding hydrogens is 208 g/mol. The topological polar surface area (TPSA) is 29.3 Å². The minimum Gasteiger partial charge on any atom is -0.372 e. The van der Waals surface area contributed by atoms with E-state index >= 15 is 0 Å². The molecule has 0 amide bonds. The second kappa shape index (κ2) is 6.06. The molecule has 0 heterocycles. The van der Waals surface area contributed by atoms with Crippen molar-refractivity contribution in [3.8, 4) is 0 Å². The number of nitrogens with two attached hydrogens (primary N) is 1. The normalized spacial score (nSPS) is 12.9. The lowest BCUT2D eigenvalue weighted by Gasteiger charge is -2.30. The molecule has 17 heavy (non-hydrogen) atoms. The molecule has 1 aromatic rings. The smallest absolute Gasteiger partial charge is 0.0395 e. The zero-order valence-electron chi connectivity index (χ0n) is 11.8. The largest absolute Gasteiger partial charge is 0.372 e. The van der Waals surface area contributed by atoms with E-state index in [1.54, 1.807) is 0 Å². The summed E-state index contributed by atoms with van der Waals surface area (Å²) in [6, 6.07) is 7.07. The van der Waals surface area contributed by atoms with Crippen molar-refractivity contribution in [2.75, 3.05) is 11.9 Å². The molecule has 2 nitrogen and oxygen atoms in total. The van der Waals surface area contributed by atoms with Crippen LogP contribution in [-0.2, 0) is 6.54 Å². The van der Waals surface area contributed by atoms with E-state index in [2.05, 4.69) is 57.8 Å². The van der Waals surface area contributed by atoms with Gasteiger partial charge >= 0.3 is 0 Å². The molecule has 1 rings (SSSR count). The number of nitrogens with zero attached hydrogens (tertiary/aromatic N) is 1. The van der Waals surface area contributed by atoms with Crippen molar-refractivity contribution in [2.45, 2.75) is 46.7 Å². The van der Waals surface area contributed by atoms with Crippen molar-refractivity contribution in [1.29, 1.82) is 0 Å². The third-order valence-corrected chi connectivity index (χ3v) is 3.35. The first-order valence-corrected chi connectivity index (χ1v) is 6.48. The van der Waals surface area contributed by atoms with Crippen LogP contribution in [-0.4, -0.2) is 13.1 Å². The van der Waals surface area contributed by atoms with Crippen LogP contribution >= 0.6 is 0 Å². The SMILES string of the molecule is Cc1cc(CN)ccc1N(C)C(C)CC(C)C. The molecule has 1 unspecified atom stereocenters. The maximum atomic E-state index is 5.66. The first-order chi connectivity index (χ1) is 7.95. The molecule has 0 aliphatic heterocycles. The van der Waals surface area contributed by atoms with E-state index in [9.17, 15) is 0 Å². The van der Waals surface area contributed by atoms with Crippen molar-refractivity contribution in [1.82, 2.24) is 0 Å². The van der Waals surface area contributed by atoms with Gasteiger partial charge in [0.2, 0.25) is 0 Å². The van der Waals surface area contributed by atoms with E-state index in [1.807, 2.05) is 0 Å².